The largest absolute Gasteiger partial charge is 0.260 e. The summed E-state index contributed by atoms with van der Waals surface area (Å²) in [6.45, 7) is 8.03. The molecule has 0 aromatic carbocycles. The fourth-order valence-electron chi connectivity index (χ4n) is 1.41. The smallest absolute Gasteiger partial charge is 0.179 e. The fourth-order valence-corrected chi connectivity index (χ4v) is 2.23. The summed E-state index contributed by atoms with van der Waals surface area (Å²) < 4.78 is 23.1. The predicted octanol–water partition coefficient (Wildman–Crippen LogP) is 2.46. The Balaban J connectivity index is 2.93. The van der Waals surface area contributed by atoms with Crippen LogP contribution in [0.25, 0.3) is 0 Å². The van der Waals surface area contributed by atoms with Crippen LogP contribution in [0.15, 0.2) is 23.2 Å². The van der Waals surface area contributed by atoms with Gasteiger partial charge in [-0.15, -0.1) is 0 Å². The summed E-state index contributed by atoms with van der Waals surface area (Å²) in [7, 11) is -3.12. The van der Waals surface area contributed by atoms with Crippen LogP contribution in [0.2, 0.25) is 0 Å². The zero-order valence-electron chi connectivity index (χ0n) is 10.3. The quantitative estimate of drug-likeness (QED) is 0.816. The Hall–Kier alpha value is -0.900. The number of pyridine rings is 1. The van der Waals surface area contributed by atoms with E-state index in [0.717, 1.165) is 12.1 Å². The molecule has 0 aliphatic rings. The van der Waals surface area contributed by atoms with Gasteiger partial charge in [0.15, 0.2) is 9.84 Å². The highest BCUT2D eigenvalue weighted by atomic mass is 32.2. The van der Waals surface area contributed by atoms with Crippen molar-refractivity contribution in [3.8, 4) is 0 Å². The molecule has 3 nitrogen and oxygen atoms in total. The van der Waals surface area contributed by atoms with E-state index in [1.54, 1.807) is 19.1 Å². The van der Waals surface area contributed by atoms with Crippen LogP contribution < -0.4 is 0 Å². The Morgan fingerprint density at radius 3 is 2.25 bits per heavy atom. The Kier molecular flexibility index (Phi) is 3.73. The van der Waals surface area contributed by atoms with Gasteiger partial charge in [-0.25, -0.2) is 8.42 Å². The lowest BCUT2D eigenvalue weighted by atomic mass is 9.90. The van der Waals surface area contributed by atoms with Crippen molar-refractivity contribution in [3.05, 3.63) is 24.0 Å². The number of aromatic nitrogens is 1. The van der Waals surface area contributed by atoms with Gasteiger partial charge in [0, 0.05) is 11.9 Å². The number of nitrogens with zero attached hydrogens (tertiary/aromatic N) is 1. The average Bonchev–Trinajstić information content (AvgIpc) is 2.16. The Morgan fingerprint density at radius 1 is 1.25 bits per heavy atom. The van der Waals surface area contributed by atoms with E-state index in [2.05, 4.69) is 25.8 Å². The minimum atomic E-state index is -3.12. The molecule has 16 heavy (non-hydrogen) atoms. The van der Waals surface area contributed by atoms with E-state index in [4.69, 9.17) is 0 Å². The third kappa shape index (κ3) is 3.59. The van der Waals surface area contributed by atoms with Gasteiger partial charge in [-0.2, -0.15) is 0 Å². The molecule has 0 N–H and O–H groups in total. The topological polar surface area (TPSA) is 47.0 Å². The first-order valence-corrected chi connectivity index (χ1v) is 7.07. The lowest BCUT2D eigenvalue weighted by molar-refractivity contribution is 0.406. The molecule has 0 bridgehead atoms. The molecule has 0 atom stereocenters. The van der Waals surface area contributed by atoms with E-state index < -0.39 is 9.84 Å². The molecular formula is C12H19NO2S. The molecule has 0 saturated heterocycles. The summed E-state index contributed by atoms with van der Waals surface area (Å²) >= 11 is 0. The van der Waals surface area contributed by atoms with E-state index in [1.807, 2.05) is 0 Å². The first-order chi connectivity index (χ1) is 7.24. The van der Waals surface area contributed by atoms with E-state index >= 15 is 0 Å². The number of hydrogen-bond acceptors (Lipinski definition) is 3. The monoisotopic (exact) mass is 241 g/mol. The summed E-state index contributed by atoms with van der Waals surface area (Å²) in [5.41, 5.74) is 1.10. The highest BCUT2D eigenvalue weighted by Gasteiger charge is 2.14. The molecule has 1 aromatic rings. The van der Waals surface area contributed by atoms with Gasteiger partial charge in [0.25, 0.3) is 0 Å². The maximum Gasteiger partial charge on any atom is 0.179 e. The second-order valence-corrected chi connectivity index (χ2v) is 7.40. The first kappa shape index (κ1) is 13.2. The van der Waals surface area contributed by atoms with E-state index in [1.165, 1.54) is 6.20 Å². The van der Waals surface area contributed by atoms with Gasteiger partial charge in [-0.3, -0.25) is 4.98 Å². The minimum absolute atomic E-state index is 0.118. The summed E-state index contributed by atoms with van der Waals surface area (Å²) in [4.78, 5) is 4.51. The molecule has 90 valence electrons. The molecule has 1 rings (SSSR count). The Morgan fingerprint density at radius 2 is 1.88 bits per heavy atom. The Bertz CT molecular complexity index is 441. The van der Waals surface area contributed by atoms with Crippen molar-refractivity contribution in [1.82, 2.24) is 4.98 Å². The van der Waals surface area contributed by atoms with Crippen LogP contribution >= 0.6 is 0 Å². The van der Waals surface area contributed by atoms with Crippen molar-refractivity contribution in [3.63, 3.8) is 0 Å². The third-order valence-corrected chi connectivity index (χ3v) is 3.97. The summed E-state index contributed by atoms with van der Waals surface area (Å²) in [5.74, 6) is 0.118. The van der Waals surface area contributed by atoms with E-state index in [-0.39, 0.29) is 11.2 Å². The highest BCUT2D eigenvalue weighted by molar-refractivity contribution is 7.91. The van der Waals surface area contributed by atoms with Crippen molar-refractivity contribution in [2.45, 2.75) is 39.0 Å². The van der Waals surface area contributed by atoms with Crippen LogP contribution in [-0.4, -0.2) is 19.2 Å². The summed E-state index contributed by atoms with van der Waals surface area (Å²) in [6, 6.07) is 3.45. The van der Waals surface area contributed by atoms with Gasteiger partial charge in [0.2, 0.25) is 0 Å². The summed E-state index contributed by atoms with van der Waals surface area (Å²) in [5, 5.41) is 0. The molecule has 0 aliphatic carbocycles. The molecule has 0 saturated carbocycles. The number of hydrogen-bond donors (Lipinski definition) is 0. The lowest BCUT2D eigenvalue weighted by Gasteiger charge is -2.17. The van der Waals surface area contributed by atoms with Gasteiger partial charge in [-0.1, -0.05) is 27.7 Å². The van der Waals surface area contributed by atoms with Gasteiger partial charge in [0.1, 0.15) is 0 Å². The maximum absolute atomic E-state index is 11.6. The van der Waals surface area contributed by atoms with Gasteiger partial charge in [0.05, 0.1) is 10.6 Å². The second kappa shape index (κ2) is 4.53. The van der Waals surface area contributed by atoms with Crippen LogP contribution in [0.5, 0.6) is 0 Å². The molecular weight excluding hydrogens is 222 g/mol. The number of sulfone groups is 1. The molecule has 0 amide bonds. The predicted molar refractivity (Wildman–Crippen MR) is 65.1 cm³/mol. The average molecular weight is 241 g/mol. The van der Waals surface area contributed by atoms with Gasteiger partial charge < -0.3 is 0 Å². The van der Waals surface area contributed by atoms with Crippen LogP contribution in [0, 0.1) is 5.41 Å². The fraction of sp³-hybridized carbons (Fsp3) is 0.583. The first-order valence-electron chi connectivity index (χ1n) is 5.42. The highest BCUT2D eigenvalue weighted by Crippen LogP contribution is 2.20. The maximum atomic E-state index is 11.6. The van der Waals surface area contributed by atoms with Crippen molar-refractivity contribution in [1.29, 1.82) is 0 Å². The molecule has 0 aliphatic heterocycles. The second-order valence-electron chi connectivity index (χ2n) is 5.13. The number of rotatable bonds is 3. The molecule has 0 spiro atoms. The normalized spacial score (nSPS) is 12.8. The zero-order chi connectivity index (χ0) is 12.4. The zero-order valence-corrected chi connectivity index (χ0v) is 11.1. The molecule has 1 heterocycles. The molecule has 0 unspecified atom stereocenters. The van der Waals surface area contributed by atoms with Crippen molar-refractivity contribution < 1.29 is 8.42 Å². The van der Waals surface area contributed by atoms with Crippen LogP contribution in [0.1, 0.15) is 33.4 Å². The van der Waals surface area contributed by atoms with E-state index in [9.17, 15) is 8.42 Å². The lowest BCUT2D eigenvalue weighted by Crippen LogP contribution is -2.11. The van der Waals surface area contributed by atoms with Crippen molar-refractivity contribution in [2.24, 2.45) is 5.41 Å². The van der Waals surface area contributed by atoms with E-state index in [0.29, 0.717) is 4.90 Å². The standard InChI is InChI=1S/C12H19NO2S/c1-5-16(14,15)11-7-6-10(13-9-11)8-12(2,3)4/h6-7,9H,5,8H2,1-4H3. The van der Waals surface area contributed by atoms with Crippen LogP contribution in [-0.2, 0) is 16.3 Å². The molecule has 0 fully saturated rings. The minimum Gasteiger partial charge on any atom is -0.260 e. The van der Waals surface area contributed by atoms with Crippen LogP contribution in [0.4, 0.5) is 0 Å². The third-order valence-electron chi connectivity index (χ3n) is 2.25. The van der Waals surface area contributed by atoms with Crippen molar-refractivity contribution in [2.75, 3.05) is 5.75 Å². The molecule has 4 heteroatoms. The Labute approximate surface area is 97.8 Å². The van der Waals surface area contributed by atoms with Crippen LogP contribution in [0.3, 0.4) is 0 Å². The molecule has 0 radical (unpaired) electrons. The van der Waals surface area contributed by atoms with Gasteiger partial charge in [-0.05, 0) is 24.0 Å². The molecule has 1 aromatic heterocycles. The SMILES string of the molecule is CCS(=O)(=O)c1ccc(CC(C)(C)C)nc1. The van der Waals surface area contributed by atoms with Gasteiger partial charge >= 0.3 is 0 Å². The summed E-state index contributed by atoms with van der Waals surface area (Å²) in [6.07, 6.45) is 2.30. The van der Waals surface area contributed by atoms with Crippen molar-refractivity contribution >= 4 is 9.84 Å².